The highest BCUT2D eigenvalue weighted by molar-refractivity contribution is 5.76. The molecule has 0 unspecified atom stereocenters. The lowest BCUT2D eigenvalue weighted by atomic mass is 10.1. The molecular weight excluding hydrogens is 216 g/mol. The van der Waals surface area contributed by atoms with Gasteiger partial charge in [0.25, 0.3) is 0 Å². The van der Waals surface area contributed by atoms with Crippen molar-refractivity contribution < 1.29 is 9.90 Å². The van der Waals surface area contributed by atoms with Crippen LogP contribution in [-0.2, 0) is 4.79 Å². The van der Waals surface area contributed by atoms with Crippen LogP contribution in [0.2, 0.25) is 0 Å². The number of carbonyl (C=O) groups is 1. The Morgan fingerprint density at radius 2 is 2.00 bits per heavy atom. The molecule has 1 atom stereocenters. The number of hydrogen-bond donors (Lipinski definition) is 3. The van der Waals surface area contributed by atoms with Crippen molar-refractivity contribution in [2.45, 2.75) is 25.3 Å². The fraction of sp³-hybridized carbons (Fsp3) is 0.462. The van der Waals surface area contributed by atoms with Crippen LogP contribution in [0.3, 0.4) is 0 Å². The smallest absolute Gasteiger partial charge is 0.220 e. The molecule has 1 rings (SSSR count). The molecule has 94 valence electrons. The molecule has 0 aliphatic rings. The topological polar surface area (TPSA) is 75.4 Å². The highest BCUT2D eigenvalue weighted by Crippen LogP contribution is 2.11. The van der Waals surface area contributed by atoms with Gasteiger partial charge in [-0.2, -0.15) is 0 Å². The molecule has 0 fully saturated rings. The van der Waals surface area contributed by atoms with Gasteiger partial charge in [0.2, 0.25) is 5.91 Å². The van der Waals surface area contributed by atoms with Crippen molar-refractivity contribution in [2.75, 3.05) is 13.2 Å². The third kappa shape index (κ3) is 4.97. The van der Waals surface area contributed by atoms with Crippen molar-refractivity contribution in [3.63, 3.8) is 0 Å². The number of aliphatic hydroxyl groups is 1. The number of nitrogens with two attached hydrogens (primary N) is 1. The fourth-order valence-corrected chi connectivity index (χ4v) is 1.62. The molecule has 17 heavy (non-hydrogen) atoms. The van der Waals surface area contributed by atoms with Crippen LogP contribution in [0.25, 0.3) is 0 Å². The van der Waals surface area contributed by atoms with Crippen molar-refractivity contribution in [3.05, 3.63) is 35.9 Å². The van der Waals surface area contributed by atoms with Gasteiger partial charge in [-0.3, -0.25) is 4.79 Å². The number of rotatable bonds is 7. The third-order valence-electron chi connectivity index (χ3n) is 2.58. The summed E-state index contributed by atoms with van der Waals surface area (Å²) in [6.45, 7) is 0.516. The van der Waals surface area contributed by atoms with Crippen LogP contribution in [0.15, 0.2) is 30.3 Å². The Bertz CT molecular complexity index is 327. The Labute approximate surface area is 102 Å². The van der Waals surface area contributed by atoms with Crippen molar-refractivity contribution in [1.82, 2.24) is 5.32 Å². The molecule has 4 N–H and O–H groups in total. The van der Waals surface area contributed by atoms with Crippen molar-refractivity contribution in [2.24, 2.45) is 5.73 Å². The largest absolute Gasteiger partial charge is 0.394 e. The van der Waals surface area contributed by atoms with Gasteiger partial charge in [0.1, 0.15) is 0 Å². The average Bonchev–Trinajstić information content (AvgIpc) is 2.37. The normalized spacial score (nSPS) is 12.1. The first-order chi connectivity index (χ1) is 8.27. The van der Waals surface area contributed by atoms with Crippen molar-refractivity contribution in [3.8, 4) is 0 Å². The SMILES string of the molecule is NCCCCC(=O)N[C@H](CO)c1ccccc1. The van der Waals surface area contributed by atoms with E-state index in [9.17, 15) is 9.90 Å². The van der Waals surface area contributed by atoms with Gasteiger partial charge < -0.3 is 16.2 Å². The second-order valence-corrected chi connectivity index (χ2v) is 3.96. The van der Waals surface area contributed by atoms with E-state index in [0.29, 0.717) is 13.0 Å². The maximum Gasteiger partial charge on any atom is 0.220 e. The monoisotopic (exact) mass is 236 g/mol. The lowest BCUT2D eigenvalue weighted by Crippen LogP contribution is -2.30. The van der Waals surface area contributed by atoms with E-state index in [1.54, 1.807) is 0 Å². The molecular formula is C13H20N2O2. The van der Waals surface area contributed by atoms with Crippen molar-refractivity contribution >= 4 is 5.91 Å². The number of benzene rings is 1. The molecule has 0 heterocycles. The highest BCUT2D eigenvalue weighted by Gasteiger charge is 2.12. The molecule has 0 radical (unpaired) electrons. The summed E-state index contributed by atoms with van der Waals surface area (Å²) < 4.78 is 0. The number of unbranched alkanes of at least 4 members (excludes halogenated alkanes) is 1. The number of nitrogens with one attached hydrogen (secondary N) is 1. The second-order valence-electron chi connectivity index (χ2n) is 3.96. The molecule has 4 heteroatoms. The molecule has 1 aromatic rings. The molecule has 0 saturated carbocycles. The zero-order chi connectivity index (χ0) is 12.5. The lowest BCUT2D eigenvalue weighted by molar-refractivity contribution is -0.122. The zero-order valence-electron chi connectivity index (χ0n) is 9.93. The summed E-state index contributed by atoms with van der Waals surface area (Å²) in [5.74, 6) is -0.0404. The van der Waals surface area contributed by atoms with Gasteiger partial charge in [0.05, 0.1) is 12.6 Å². The van der Waals surface area contributed by atoms with E-state index >= 15 is 0 Å². The summed E-state index contributed by atoms with van der Waals surface area (Å²) in [7, 11) is 0. The summed E-state index contributed by atoms with van der Waals surface area (Å²) in [4.78, 5) is 11.6. The molecule has 0 aliphatic carbocycles. The van der Waals surface area contributed by atoms with E-state index in [1.165, 1.54) is 0 Å². The number of amides is 1. The molecule has 1 aromatic carbocycles. The van der Waals surface area contributed by atoms with Crippen molar-refractivity contribution in [1.29, 1.82) is 0 Å². The predicted octanol–water partition coefficient (Wildman–Crippen LogP) is 0.965. The van der Waals surface area contributed by atoms with E-state index in [2.05, 4.69) is 5.32 Å². The number of carbonyl (C=O) groups excluding carboxylic acids is 1. The van der Waals surface area contributed by atoms with Crippen LogP contribution in [-0.4, -0.2) is 24.2 Å². The molecule has 0 aromatic heterocycles. The number of hydrogen-bond acceptors (Lipinski definition) is 3. The van der Waals surface area contributed by atoms with E-state index in [-0.39, 0.29) is 18.6 Å². The van der Waals surface area contributed by atoms with E-state index in [4.69, 9.17) is 5.73 Å². The Morgan fingerprint density at radius 1 is 1.29 bits per heavy atom. The minimum absolute atomic E-state index is 0.0404. The molecule has 1 amide bonds. The standard InChI is InChI=1S/C13H20N2O2/c14-9-5-4-8-13(17)15-12(10-16)11-6-2-1-3-7-11/h1-3,6-7,12,16H,4-5,8-10,14H2,(H,15,17)/t12-/m1/s1. The minimum atomic E-state index is -0.318. The molecule has 0 bridgehead atoms. The van der Waals surface area contributed by atoms with Gasteiger partial charge in [-0.05, 0) is 24.9 Å². The first kappa shape index (κ1) is 13.7. The second kappa shape index (κ2) is 7.81. The van der Waals surface area contributed by atoms with Gasteiger partial charge in [-0.15, -0.1) is 0 Å². The Kier molecular flexibility index (Phi) is 6.29. The maximum atomic E-state index is 11.6. The summed E-state index contributed by atoms with van der Waals surface area (Å²) in [6.07, 6.45) is 2.10. The average molecular weight is 236 g/mol. The van der Waals surface area contributed by atoms with E-state index in [0.717, 1.165) is 18.4 Å². The Hall–Kier alpha value is -1.39. The van der Waals surface area contributed by atoms with E-state index < -0.39 is 0 Å². The Morgan fingerprint density at radius 3 is 2.59 bits per heavy atom. The van der Waals surface area contributed by atoms with Gasteiger partial charge in [-0.25, -0.2) is 0 Å². The minimum Gasteiger partial charge on any atom is -0.394 e. The highest BCUT2D eigenvalue weighted by atomic mass is 16.3. The van der Waals surface area contributed by atoms with Crippen LogP contribution >= 0.6 is 0 Å². The summed E-state index contributed by atoms with van der Waals surface area (Å²) in [6, 6.07) is 9.14. The first-order valence-electron chi connectivity index (χ1n) is 5.93. The van der Waals surface area contributed by atoms with Gasteiger partial charge in [0, 0.05) is 6.42 Å². The van der Waals surface area contributed by atoms with Crippen LogP contribution in [0.4, 0.5) is 0 Å². The van der Waals surface area contributed by atoms with Crippen LogP contribution in [0.5, 0.6) is 0 Å². The molecule has 4 nitrogen and oxygen atoms in total. The molecule has 0 saturated heterocycles. The first-order valence-corrected chi connectivity index (χ1v) is 5.93. The quantitative estimate of drug-likeness (QED) is 0.617. The predicted molar refractivity (Wildman–Crippen MR) is 67.3 cm³/mol. The van der Waals surface area contributed by atoms with Gasteiger partial charge in [0.15, 0.2) is 0 Å². The third-order valence-corrected chi connectivity index (χ3v) is 2.58. The maximum absolute atomic E-state index is 11.6. The summed E-state index contributed by atoms with van der Waals surface area (Å²) >= 11 is 0. The summed E-state index contributed by atoms with van der Waals surface area (Å²) in [5, 5.41) is 12.1. The summed E-state index contributed by atoms with van der Waals surface area (Å²) in [5.41, 5.74) is 6.28. The van der Waals surface area contributed by atoms with Gasteiger partial charge in [-0.1, -0.05) is 30.3 Å². The molecule has 0 spiro atoms. The van der Waals surface area contributed by atoms with Crippen LogP contribution in [0, 0.1) is 0 Å². The fourth-order valence-electron chi connectivity index (χ4n) is 1.62. The zero-order valence-corrected chi connectivity index (χ0v) is 9.93. The Balaban J connectivity index is 2.44. The lowest BCUT2D eigenvalue weighted by Gasteiger charge is -2.16. The van der Waals surface area contributed by atoms with Crippen LogP contribution in [0.1, 0.15) is 30.9 Å². The van der Waals surface area contributed by atoms with Gasteiger partial charge >= 0.3 is 0 Å². The molecule has 0 aliphatic heterocycles. The number of aliphatic hydroxyl groups excluding tert-OH is 1. The van der Waals surface area contributed by atoms with Crippen LogP contribution < -0.4 is 11.1 Å². The van der Waals surface area contributed by atoms with E-state index in [1.807, 2.05) is 30.3 Å².